The number of hydrogen-bond donors (Lipinski definition) is 0. The molecule has 0 unspecified atom stereocenters. The third-order valence-corrected chi connectivity index (χ3v) is 3.31. The van der Waals surface area contributed by atoms with Gasteiger partial charge in [0, 0.05) is 11.4 Å². The standard InChI is InChI=1S/C12H13NOS/c1-3-10-6-4-5-9(2)12(10)13-11(14)7-8-15-13/h4-8H,3H2,1-2H3. The van der Waals surface area contributed by atoms with Crippen LogP contribution in [0.1, 0.15) is 18.1 Å². The molecule has 1 aromatic heterocycles. The molecule has 2 nitrogen and oxygen atoms in total. The number of aryl methyl sites for hydroxylation is 2. The summed E-state index contributed by atoms with van der Waals surface area (Å²) in [4.78, 5) is 11.6. The zero-order valence-corrected chi connectivity index (χ0v) is 9.67. The predicted octanol–water partition coefficient (Wildman–Crippen LogP) is 2.77. The van der Waals surface area contributed by atoms with E-state index < -0.39 is 0 Å². The number of hydrogen-bond acceptors (Lipinski definition) is 2. The summed E-state index contributed by atoms with van der Waals surface area (Å²) in [6.45, 7) is 4.15. The highest BCUT2D eigenvalue weighted by molar-refractivity contribution is 7.04. The van der Waals surface area contributed by atoms with E-state index in [2.05, 4.69) is 13.0 Å². The van der Waals surface area contributed by atoms with Gasteiger partial charge >= 0.3 is 0 Å². The molecule has 0 amide bonds. The molecule has 15 heavy (non-hydrogen) atoms. The fourth-order valence-electron chi connectivity index (χ4n) is 1.73. The first kappa shape index (κ1) is 10.2. The lowest BCUT2D eigenvalue weighted by Crippen LogP contribution is -2.12. The minimum Gasteiger partial charge on any atom is -0.268 e. The summed E-state index contributed by atoms with van der Waals surface area (Å²) in [6, 6.07) is 7.77. The van der Waals surface area contributed by atoms with Gasteiger partial charge < -0.3 is 0 Å². The van der Waals surface area contributed by atoms with Crippen molar-refractivity contribution in [3.63, 3.8) is 0 Å². The van der Waals surface area contributed by atoms with Crippen LogP contribution < -0.4 is 5.56 Å². The molecule has 78 valence electrons. The second-order valence-corrected chi connectivity index (χ2v) is 4.33. The van der Waals surface area contributed by atoms with Crippen molar-refractivity contribution in [3.05, 3.63) is 51.1 Å². The zero-order chi connectivity index (χ0) is 10.8. The van der Waals surface area contributed by atoms with Crippen LogP contribution in [0.4, 0.5) is 0 Å². The molecule has 0 bridgehead atoms. The lowest BCUT2D eigenvalue weighted by molar-refractivity contribution is 1.03. The highest BCUT2D eigenvalue weighted by Crippen LogP contribution is 2.20. The Bertz CT molecular complexity index is 524. The molecule has 0 N–H and O–H groups in total. The third kappa shape index (κ3) is 1.75. The first-order valence-corrected chi connectivity index (χ1v) is 5.83. The van der Waals surface area contributed by atoms with E-state index in [1.54, 1.807) is 10.0 Å². The van der Waals surface area contributed by atoms with Crippen LogP contribution in [0, 0.1) is 6.92 Å². The van der Waals surface area contributed by atoms with E-state index in [0.717, 1.165) is 17.7 Å². The SMILES string of the molecule is CCc1cccc(C)c1-n1sccc1=O. The summed E-state index contributed by atoms with van der Waals surface area (Å²) < 4.78 is 1.76. The maximum Gasteiger partial charge on any atom is 0.265 e. The molecular weight excluding hydrogens is 206 g/mol. The summed E-state index contributed by atoms with van der Waals surface area (Å²) in [5.41, 5.74) is 3.49. The van der Waals surface area contributed by atoms with Gasteiger partial charge in [-0.1, -0.05) is 36.7 Å². The van der Waals surface area contributed by atoms with Crippen molar-refractivity contribution in [3.8, 4) is 5.69 Å². The highest BCUT2D eigenvalue weighted by Gasteiger charge is 2.08. The summed E-state index contributed by atoms with van der Waals surface area (Å²) >= 11 is 1.45. The van der Waals surface area contributed by atoms with Crippen LogP contribution in [-0.2, 0) is 6.42 Å². The Morgan fingerprint density at radius 2 is 2.13 bits per heavy atom. The van der Waals surface area contributed by atoms with Crippen molar-refractivity contribution < 1.29 is 0 Å². The van der Waals surface area contributed by atoms with E-state index in [4.69, 9.17) is 0 Å². The fourth-order valence-corrected chi connectivity index (χ4v) is 2.56. The smallest absolute Gasteiger partial charge is 0.265 e. The molecule has 0 aliphatic rings. The van der Waals surface area contributed by atoms with Crippen molar-refractivity contribution >= 4 is 11.5 Å². The Kier molecular flexibility index (Phi) is 2.73. The first-order chi connectivity index (χ1) is 7.24. The Labute approximate surface area is 93.0 Å². The molecule has 0 spiro atoms. The van der Waals surface area contributed by atoms with E-state index in [-0.39, 0.29) is 5.56 Å². The first-order valence-electron chi connectivity index (χ1n) is 5.00. The molecule has 0 aliphatic heterocycles. The Hall–Kier alpha value is -1.35. The van der Waals surface area contributed by atoms with Gasteiger partial charge in [0.05, 0.1) is 5.69 Å². The molecule has 0 fully saturated rings. The normalized spacial score (nSPS) is 10.5. The molecule has 0 aliphatic carbocycles. The minimum absolute atomic E-state index is 0.0593. The highest BCUT2D eigenvalue weighted by atomic mass is 32.1. The van der Waals surface area contributed by atoms with E-state index in [9.17, 15) is 4.79 Å². The van der Waals surface area contributed by atoms with E-state index in [1.807, 2.05) is 24.4 Å². The van der Waals surface area contributed by atoms with Gasteiger partial charge in [0.15, 0.2) is 0 Å². The van der Waals surface area contributed by atoms with E-state index in [0.29, 0.717) is 0 Å². The van der Waals surface area contributed by atoms with Gasteiger partial charge in [-0.25, -0.2) is 3.96 Å². The Balaban J connectivity index is 2.71. The van der Waals surface area contributed by atoms with Crippen LogP contribution in [0.5, 0.6) is 0 Å². The van der Waals surface area contributed by atoms with Gasteiger partial charge in [0.2, 0.25) is 0 Å². The zero-order valence-electron chi connectivity index (χ0n) is 8.86. The largest absolute Gasteiger partial charge is 0.268 e. The molecule has 0 saturated carbocycles. The summed E-state index contributed by atoms with van der Waals surface area (Å²) in [5.74, 6) is 0. The van der Waals surface area contributed by atoms with Crippen molar-refractivity contribution in [2.45, 2.75) is 20.3 Å². The lowest BCUT2D eigenvalue weighted by atomic mass is 10.1. The van der Waals surface area contributed by atoms with Crippen LogP contribution >= 0.6 is 11.5 Å². The second kappa shape index (κ2) is 4.03. The van der Waals surface area contributed by atoms with Crippen LogP contribution in [0.15, 0.2) is 34.4 Å². The van der Waals surface area contributed by atoms with Crippen LogP contribution in [0.25, 0.3) is 5.69 Å². The lowest BCUT2D eigenvalue weighted by Gasteiger charge is -2.10. The minimum atomic E-state index is 0.0593. The van der Waals surface area contributed by atoms with Crippen molar-refractivity contribution in [2.75, 3.05) is 0 Å². The number of nitrogens with zero attached hydrogens (tertiary/aromatic N) is 1. The molecule has 3 heteroatoms. The molecule has 0 radical (unpaired) electrons. The summed E-state index contributed by atoms with van der Waals surface area (Å²) in [5, 5.41) is 1.83. The number of benzene rings is 1. The molecular formula is C12H13NOS. The maximum absolute atomic E-state index is 11.6. The quantitative estimate of drug-likeness (QED) is 0.761. The summed E-state index contributed by atoms with van der Waals surface area (Å²) in [7, 11) is 0. The number of aromatic nitrogens is 1. The molecule has 2 aromatic rings. The van der Waals surface area contributed by atoms with Gasteiger partial charge in [0.25, 0.3) is 5.56 Å². The predicted molar refractivity (Wildman–Crippen MR) is 64.0 cm³/mol. The molecule has 1 heterocycles. The number of rotatable bonds is 2. The van der Waals surface area contributed by atoms with E-state index >= 15 is 0 Å². The molecule has 0 saturated heterocycles. The van der Waals surface area contributed by atoms with Crippen LogP contribution in [0.3, 0.4) is 0 Å². The summed E-state index contributed by atoms with van der Waals surface area (Å²) in [6.07, 6.45) is 0.946. The Morgan fingerprint density at radius 1 is 1.33 bits per heavy atom. The van der Waals surface area contributed by atoms with Gasteiger partial charge in [-0.15, -0.1) is 0 Å². The van der Waals surface area contributed by atoms with Crippen molar-refractivity contribution in [1.82, 2.24) is 3.96 Å². The van der Waals surface area contributed by atoms with Gasteiger partial charge in [-0.2, -0.15) is 0 Å². The van der Waals surface area contributed by atoms with Gasteiger partial charge in [0.1, 0.15) is 0 Å². The second-order valence-electron chi connectivity index (χ2n) is 3.48. The Morgan fingerprint density at radius 3 is 2.73 bits per heavy atom. The van der Waals surface area contributed by atoms with Gasteiger partial charge in [-0.05, 0) is 24.5 Å². The number of para-hydroxylation sites is 1. The topological polar surface area (TPSA) is 22.0 Å². The van der Waals surface area contributed by atoms with Crippen molar-refractivity contribution in [1.29, 1.82) is 0 Å². The molecule has 0 atom stereocenters. The van der Waals surface area contributed by atoms with Gasteiger partial charge in [-0.3, -0.25) is 4.79 Å². The molecule has 1 aromatic carbocycles. The third-order valence-electron chi connectivity index (χ3n) is 2.48. The average Bonchev–Trinajstić information content (AvgIpc) is 2.64. The molecule has 2 rings (SSSR count). The average molecular weight is 219 g/mol. The van der Waals surface area contributed by atoms with Crippen LogP contribution in [0.2, 0.25) is 0 Å². The van der Waals surface area contributed by atoms with E-state index in [1.165, 1.54) is 17.1 Å². The van der Waals surface area contributed by atoms with Crippen LogP contribution in [-0.4, -0.2) is 3.96 Å². The monoisotopic (exact) mass is 219 g/mol. The van der Waals surface area contributed by atoms with Crippen molar-refractivity contribution in [2.24, 2.45) is 0 Å². The fraction of sp³-hybridized carbons (Fsp3) is 0.250. The maximum atomic E-state index is 11.6.